The highest BCUT2D eigenvalue weighted by Crippen LogP contribution is 2.78. The molecule has 15 atom stereocenters. The number of aliphatic hydroxyl groups is 1. The summed E-state index contributed by atoms with van der Waals surface area (Å²) in [6.45, 7) is 21.0. The van der Waals surface area contributed by atoms with E-state index in [0.717, 1.165) is 6.92 Å². The molecule has 0 aromatic rings. The molecule has 15 nitrogen and oxygen atoms in total. The minimum Gasteiger partial charge on any atom is -0.490 e. The molecule has 0 aromatic heterocycles. The fourth-order valence-electron chi connectivity index (χ4n) is 12.7. The molecule has 56 heavy (non-hydrogen) atoms. The van der Waals surface area contributed by atoms with Gasteiger partial charge in [0.15, 0.2) is 12.2 Å². The molecule has 2 heterocycles. The maximum absolute atomic E-state index is 14.0. The number of esters is 6. The van der Waals surface area contributed by atoms with E-state index in [2.05, 4.69) is 13.2 Å². The van der Waals surface area contributed by atoms with Gasteiger partial charge in [0, 0.05) is 52.4 Å². The molecule has 0 amide bonds. The number of hydrogen-bond donors (Lipinski definition) is 1. The second-order valence-corrected chi connectivity index (χ2v) is 17.2. The summed E-state index contributed by atoms with van der Waals surface area (Å²) in [7, 11) is 1.18. The molecule has 0 radical (unpaired) electrons. The van der Waals surface area contributed by atoms with E-state index in [1.54, 1.807) is 26.8 Å². The van der Waals surface area contributed by atoms with Crippen molar-refractivity contribution in [2.24, 2.45) is 39.4 Å². The second kappa shape index (κ2) is 13.4. The van der Waals surface area contributed by atoms with E-state index in [1.807, 2.05) is 13.0 Å². The molecule has 0 bridgehead atoms. The molecule has 4 saturated carbocycles. The maximum Gasteiger partial charge on any atom is 0.342 e. The molecular weight excluding hydrogens is 732 g/mol. The van der Waals surface area contributed by atoms with E-state index < -0.39 is 123 Å². The third-order valence-electron chi connectivity index (χ3n) is 14.5. The van der Waals surface area contributed by atoms with Gasteiger partial charge in [-0.15, -0.1) is 0 Å². The second-order valence-electron chi connectivity index (χ2n) is 17.2. The lowest BCUT2D eigenvalue weighted by Crippen LogP contribution is -2.84. The van der Waals surface area contributed by atoms with E-state index in [9.17, 15) is 33.9 Å². The largest absolute Gasteiger partial charge is 0.490 e. The summed E-state index contributed by atoms with van der Waals surface area (Å²) in [4.78, 5) is 79.8. The highest BCUT2D eigenvalue weighted by molar-refractivity contribution is 5.87. The summed E-state index contributed by atoms with van der Waals surface area (Å²) in [6.07, 6.45) is -3.50. The first-order valence-electron chi connectivity index (χ1n) is 19.0. The molecule has 1 saturated heterocycles. The van der Waals surface area contributed by atoms with Gasteiger partial charge in [-0.05, 0) is 55.6 Å². The zero-order chi connectivity index (χ0) is 41.7. The Morgan fingerprint density at radius 1 is 0.857 bits per heavy atom. The normalized spacial score (nSPS) is 45.7. The first-order valence-corrected chi connectivity index (χ1v) is 19.0. The monoisotopic (exact) mass is 786 g/mol. The van der Waals surface area contributed by atoms with E-state index in [1.165, 1.54) is 34.8 Å². The van der Waals surface area contributed by atoms with Gasteiger partial charge in [-0.25, -0.2) is 4.79 Å². The first kappa shape index (κ1) is 41.4. The average Bonchev–Trinajstić information content (AvgIpc) is 3.87. The van der Waals surface area contributed by atoms with Gasteiger partial charge in [0.1, 0.15) is 36.8 Å². The summed E-state index contributed by atoms with van der Waals surface area (Å²) in [5, 5.41) is 13.7. The van der Waals surface area contributed by atoms with Crippen LogP contribution in [0.25, 0.3) is 0 Å². The Labute approximate surface area is 326 Å². The SMILES string of the molecule is C=C1C=CC2C3(C)CCC4C(C)(C(OC(C)=O)C(OC(C)=O)C5(C)C4(O)CC(=C)C4OC45C(=O)OC)C3C(OC(C)=O)C(OC(C)=O)C2(COC(C)=O)C(C)O1. The first-order chi connectivity index (χ1) is 25.9. The molecule has 4 aliphatic carbocycles. The smallest absolute Gasteiger partial charge is 0.342 e. The zero-order valence-corrected chi connectivity index (χ0v) is 33.8. The van der Waals surface area contributed by atoms with Gasteiger partial charge < -0.3 is 43.0 Å². The van der Waals surface area contributed by atoms with Gasteiger partial charge in [-0.1, -0.05) is 33.1 Å². The quantitative estimate of drug-likeness (QED) is 0.170. The Balaban J connectivity index is 1.72. The van der Waals surface area contributed by atoms with Gasteiger partial charge in [-0.3, -0.25) is 24.0 Å². The molecule has 6 aliphatic rings. The van der Waals surface area contributed by atoms with Crippen LogP contribution < -0.4 is 0 Å². The van der Waals surface area contributed by atoms with Gasteiger partial charge in [0.05, 0.1) is 23.5 Å². The number of ether oxygens (including phenoxy) is 8. The van der Waals surface area contributed by atoms with Crippen molar-refractivity contribution in [1.29, 1.82) is 0 Å². The van der Waals surface area contributed by atoms with Crippen molar-refractivity contribution in [3.8, 4) is 0 Å². The van der Waals surface area contributed by atoms with Crippen LogP contribution in [0.2, 0.25) is 0 Å². The molecule has 308 valence electrons. The Morgan fingerprint density at radius 3 is 1.98 bits per heavy atom. The standard InChI is InChI=1S/C41H54O15/c1-19-17-40(48)28-15-16-36(9)27-14-13-20(2)51-21(3)39(27,18-50-22(4)42)32(53-24(6)44)29(52-23(5)43)30(36)37(28,10)33(54-25(7)45)34(55-26(8)46)38(40,11)41(31(19)56-41)35(47)49-12/h13-14,21,27-34,48H,1-2,15-18H2,3-12H3. The third kappa shape index (κ3) is 5.35. The molecule has 0 aromatic carbocycles. The molecular formula is C41H54O15. The number of carbonyl (C=O) groups excluding carboxylic acids is 6. The summed E-state index contributed by atoms with van der Waals surface area (Å²) in [5.74, 6) is -6.77. The molecule has 6 rings (SSSR count). The van der Waals surface area contributed by atoms with Crippen LogP contribution in [0, 0.1) is 39.4 Å². The van der Waals surface area contributed by atoms with E-state index in [0.29, 0.717) is 12.0 Å². The Morgan fingerprint density at radius 2 is 1.43 bits per heavy atom. The Bertz CT molecular complexity index is 1800. The number of rotatable bonds is 7. The van der Waals surface area contributed by atoms with Crippen molar-refractivity contribution >= 4 is 35.8 Å². The van der Waals surface area contributed by atoms with E-state index in [4.69, 9.17) is 37.9 Å². The molecule has 2 aliphatic heterocycles. The van der Waals surface area contributed by atoms with Crippen molar-refractivity contribution in [2.45, 2.75) is 129 Å². The Hall–Kier alpha value is -4.24. The predicted molar refractivity (Wildman–Crippen MR) is 192 cm³/mol. The van der Waals surface area contributed by atoms with Crippen LogP contribution in [-0.2, 0) is 66.7 Å². The molecule has 15 heteroatoms. The molecule has 1 N–H and O–H groups in total. The topological polar surface area (TPSA) is 200 Å². The van der Waals surface area contributed by atoms with Crippen molar-refractivity contribution in [1.82, 2.24) is 0 Å². The third-order valence-corrected chi connectivity index (χ3v) is 14.5. The maximum atomic E-state index is 14.0. The van der Waals surface area contributed by atoms with Crippen LogP contribution in [0.5, 0.6) is 0 Å². The van der Waals surface area contributed by atoms with Gasteiger partial charge in [0.2, 0.25) is 5.60 Å². The van der Waals surface area contributed by atoms with E-state index in [-0.39, 0.29) is 25.2 Å². The predicted octanol–water partition coefficient (Wildman–Crippen LogP) is 3.44. The van der Waals surface area contributed by atoms with Crippen molar-refractivity contribution < 1.29 is 71.8 Å². The molecule has 0 spiro atoms. The minimum atomic E-state index is -1.97. The number of hydrogen-bond acceptors (Lipinski definition) is 15. The van der Waals surface area contributed by atoms with Crippen molar-refractivity contribution in [3.63, 3.8) is 0 Å². The van der Waals surface area contributed by atoms with Crippen LogP contribution in [-0.4, -0.2) is 102 Å². The number of carbonyl (C=O) groups is 6. The van der Waals surface area contributed by atoms with Gasteiger partial charge in [0.25, 0.3) is 0 Å². The lowest BCUT2D eigenvalue weighted by Gasteiger charge is -2.74. The highest BCUT2D eigenvalue weighted by atomic mass is 16.7. The fraction of sp³-hybridized carbons (Fsp3) is 0.707. The fourth-order valence-corrected chi connectivity index (χ4v) is 12.7. The van der Waals surface area contributed by atoms with Gasteiger partial charge >= 0.3 is 35.8 Å². The number of epoxide rings is 1. The minimum absolute atomic E-state index is 0.100. The van der Waals surface area contributed by atoms with E-state index >= 15 is 0 Å². The van der Waals surface area contributed by atoms with Crippen molar-refractivity contribution in [3.05, 3.63) is 36.6 Å². The summed E-state index contributed by atoms with van der Waals surface area (Å²) in [6, 6.07) is 0. The highest BCUT2D eigenvalue weighted by Gasteiger charge is 2.91. The number of fused-ring (bicyclic) bond motifs is 9. The van der Waals surface area contributed by atoms with Crippen molar-refractivity contribution in [2.75, 3.05) is 13.7 Å². The van der Waals surface area contributed by atoms with Crippen LogP contribution in [0.3, 0.4) is 0 Å². The summed E-state index contributed by atoms with van der Waals surface area (Å²) < 4.78 is 48.7. The van der Waals surface area contributed by atoms with Crippen LogP contribution in [0.15, 0.2) is 36.6 Å². The lowest BCUT2D eigenvalue weighted by atomic mass is 9.31. The summed E-state index contributed by atoms with van der Waals surface area (Å²) in [5.41, 5.74) is -9.19. The zero-order valence-electron chi connectivity index (χ0n) is 33.8. The Kier molecular flexibility index (Phi) is 9.92. The van der Waals surface area contributed by atoms with Crippen LogP contribution in [0.4, 0.5) is 0 Å². The average molecular weight is 787 g/mol. The van der Waals surface area contributed by atoms with Crippen LogP contribution in [0.1, 0.15) is 81.6 Å². The van der Waals surface area contributed by atoms with Gasteiger partial charge in [-0.2, -0.15) is 0 Å². The molecule has 15 unspecified atom stereocenters. The lowest BCUT2D eigenvalue weighted by molar-refractivity contribution is -0.357. The van der Waals surface area contributed by atoms with Crippen LogP contribution >= 0.6 is 0 Å². The number of allylic oxidation sites excluding steroid dienone is 2. The number of methoxy groups -OCH3 is 1. The summed E-state index contributed by atoms with van der Waals surface area (Å²) >= 11 is 0. The molecule has 5 fully saturated rings.